The van der Waals surface area contributed by atoms with Gasteiger partial charge in [-0.3, -0.25) is 4.79 Å². The van der Waals surface area contributed by atoms with Gasteiger partial charge >= 0.3 is 0 Å². The maximum Gasteiger partial charge on any atom is 0.255 e. The van der Waals surface area contributed by atoms with E-state index >= 15 is 0 Å². The normalized spacial score (nSPS) is 22.9. The summed E-state index contributed by atoms with van der Waals surface area (Å²) < 4.78 is 5.55. The summed E-state index contributed by atoms with van der Waals surface area (Å²) >= 11 is 7.70. The van der Waals surface area contributed by atoms with Crippen LogP contribution in [0.2, 0.25) is 5.02 Å². The molecule has 1 saturated heterocycles. The number of carbonyl (C=O) groups is 1. The average Bonchev–Trinajstić information content (AvgIpc) is 2.46. The zero-order valence-corrected chi connectivity index (χ0v) is 13.1. The van der Waals surface area contributed by atoms with Crippen LogP contribution in [0, 0.1) is 0 Å². The number of halogens is 1. The van der Waals surface area contributed by atoms with E-state index in [2.05, 4.69) is 0 Å². The molecule has 0 saturated carbocycles. The molecular weight excluding hydrogens is 298 g/mol. The Labute approximate surface area is 128 Å². The Morgan fingerprint density at radius 1 is 1.55 bits per heavy atom. The summed E-state index contributed by atoms with van der Waals surface area (Å²) in [5.74, 6) is -0.112. The zero-order valence-electron chi connectivity index (χ0n) is 11.5. The Hall–Kier alpha value is -0.750. The molecular formula is C14H18ClNO3S. The first-order valence-electron chi connectivity index (χ1n) is 6.44. The lowest BCUT2D eigenvalue weighted by Gasteiger charge is -2.36. The van der Waals surface area contributed by atoms with Gasteiger partial charge in [-0.1, -0.05) is 11.6 Å². The molecule has 1 aliphatic heterocycles. The summed E-state index contributed by atoms with van der Waals surface area (Å²) in [6, 6.07) is 5.44. The first-order chi connectivity index (χ1) is 9.55. The van der Waals surface area contributed by atoms with Gasteiger partial charge in [0.15, 0.2) is 0 Å². The monoisotopic (exact) mass is 315 g/mol. The first-order valence-corrected chi connectivity index (χ1v) is 8.04. The number of thioether (sulfide) groups is 1. The molecule has 2 rings (SSSR count). The fourth-order valence-electron chi connectivity index (χ4n) is 2.28. The minimum atomic E-state index is -0.329. The number of aliphatic hydroxyl groups is 1. The molecule has 0 radical (unpaired) electrons. The van der Waals surface area contributed by atoms with Crippen LogP contribution in [0.5, 0.6) is 0 Å². The lowest BCUT2D eigenvalue weighted by atomic mass is 10.1. The average molecular weight is 316 g/mol. The van der Waals surface area contributed by atoms with Crippen LogP contribution >= 0.6 is 23.4 Å². The molecule has 0 aromatic heterocycles. The van der Waals surface area contributed by atoms with Gasteiger partial charge in [0.2, 0.25) is 0 Å². The van der Waals surface area contributed by atoms with Crippen molar-refractivity contribution in [3.05, 3.63) is 28.8 Å². The molecule has 4 nitrogen and oxygen atoms in total. The molecule has 1 aromatic carbocycles. The Morgan fingerprint density at radius 2 is 2.30 bits per heavy atom. The Bertz CT molecular complexity index is 497. The standard InChI is InChI=1S/C14H18ClNO3S/c1-9-6-16(7-10(8-17)19-9)14(18)12-5-11(20-2)3-4-13(12)15/h3-5,9-10,17H,6-8H2,1-2H3. The largest absolute Gasteiger partial charge is 0.394 e. The van der Waals surface area contributed by atoms with E-state index in [0.717, 1.165) is 4.90 Å². The molecule has 110 valence electrons. The molecule has 0 bridgehead atoms. The molecule has 20 heavy (non-hydrogen) atoms. The number of amides is 1. The molecule has 6 heteroatoms. The maximum atomic E-state index is 12.6. The van der Waals surface area contributed by atoms with Crippen LogP contribution < -0.4 is 0 Å². The highest BCUT2D eigenvalue weighted by Crippen LogP contribution is 2.25. The predicted octanol–water partition coefficient (Wildman–Crippen LogP) is 2.28. The lowest BCUT2D eigenvalue weighted by molar-refractivity contribution is -0.0858. The first kappa shape index (κ1) is 15.6. The van der Waals surface area contributed by atoms with Crippen LogP contribution in [0.1, 0.15) is 17.3 Å². The van der Waals surface area contributed by atoms with Gasteiger partial charge in [-0.05, 0) is 31.4 Å². The summed E-state index contributed by atoms with van der Waals surface area (Å²) in [5, 5.41) is 9.67. The quantitative estimate of drug-likeness (QED) is 0.870. The third kappa shape index (κ3) is 3.47. The molecule has 1 heterocycles. The maximum absolute atomic E-state index is 12.6. The summed E-state index contributed by atoms with van der Waals surface area (Å²) in [6.45, 7) is 2.70. The molecule has 1 aliphatic rings. The SMILES string of the molecule is CSc1ccc(Cl)c(C(=O)N2CC(C)OC(CO)C2)c1. The molecule has 0 aliphatic carbocycles. The van der Waals surface area contributed by atoms with Crippen LogP contribution in [-0.4, -0.2) is 54.1 Å². The molecule has 1 amide bonds. The van der Waals surface area contributed by atoms with Crippen molar-refractivity contribution in [2.45, 2.75) is 24.0 Å². The molecule has 1 aromatic rings. The Balaban J connectivity index is 2.22. The van der Waals surface area contributed by atoms with Crippen LogP contribution in [0.25, 0.3) is 0 Å². The van der Waals surface area contributed by atoms with E-state index < -0.39 is 0 Å². The second kappa shape index (κ2) is 6.80. The van der Waals surface area contributed by atoms with E-state index in [0.29, 0.717) is 23.7 Å². The van der Waals surface area contributed by atoms with E-state index in [1.54, 1.807) is 22.7 Å². The van der Waals surface area contributed by atoms with Crippen molar-refractivity contribution in [2.24, 2.45) is 0 Å². The van der Waals surface area contributed by atoms with Crippen LogP contribution in [0.4, 0.5) is 0 Å². The number of rotatable bonds is 3. The minimum Gasteiger partial charge on any atom is -0.394 e. The number of hydrogen-bond acceptors (Lipinski definition) is 4. The van der Waals surface area contributed by atoms with Gasteiger partial charge in [-0.15, -0.1) is 11.8 Å². The molecule has 1 N–H and O–H groups in total. The predicted molar refractivity (Wildman–Crippen MR) is 80.6 cm³/mol. The van der Waals surface area contributed by atoms with Crippen LogP contribution in [-0.2, 0) is 4.74 Å². The van der Waals surface area contributed by atoms with Gasteiger partial charge in [0.05, 0.1) is 29.4 Å². The number of carbonyl (C=O) groups excluding carboxylic acids is 1. The van der Waals surface area contributed by atoms with Crippen LogP contribution in [0.3, 0.4) is 0 Å². The molecule has 2 atom stereocenters. The highest BCUT2D eigenvalue weighted by molar-refractivity contribution is 7.98. The van der Waals surface area contributed by atoms with Crippen molar-refractivity contribution < 1.29 is 14.6 Å². The lowest BCUT2D eigenvalue weighted by Crippen LogP contribution is -2.50. The third-order valence-electron chi connectivity index (χ3n) is 3.22. The van der Waals surface area contributed by atoms with Crippen molar-refractivity contribution in [2.75, 3.05) is 26.0 Å². The summed E-state index contributed by atoms with van der Waals surface area (Å²) in [5.41, 5.74) is 0.504. The van der Waals surface area contributed by atoms with E-state index in [4.69, 9.17) is 16.3 Å². The van der Waals surface area contributed by atoms with E-state index in [9.17, 15) is 9.90 Å². The number of aliphatic hydroxyl groups excluding tert-OH is 1. The zero-order chi connectivity index (χ0) is 14.7. The van der Waals surface area contributed by atoms with Gasteiger partial charge in [-0.25, -0.2) is 0 Å². The third-order valence-corrected chi connectivity index (χ3v) is 4.28. The summed E-state index contributed by atoms with van der Waals surface area (Å²) in [6.07, 6.45) is 1.54. The molecule has 2 unspecified atom stereocenters. The molecule has 0 spiro atoms. The number of morpholine rings is 1. The van der Waals surface area contributed by atoms with Crippen molar-refractivity contribution >= 4 is 29.3 Å². The van der Waals surface area contributed by atoms with Crippen LogP contribution in [0.15, 0.2) is 23.1 Å². The highest BCUT2D eigenvalue weighted by atomic mass is 35.5. The highest BCUT2D eigenvalue weighted by Gasteiger charge is 2.29. The molecule has 1 fully saturated rings. The number of benzene rings is 1. The van der Waals surface area contributed by atoms with Crippen molar-refractivity contribution in [3.8, 4) is 0 Å². The van der Waals surface area contributed by atoms with Crippen molar-refractivity contribution in [1.82, 2.24) is 4.90 Å². The summed E-state index contributed by atoms with van der Waals surface area (Å²) in [4.78, 5) is 15.3. The van der Waals surface area contributed by atoms with Crippen molar-refractivity contribution in [3.63, 3.8) is 0 Å². The van der Waals surface area contributed by atoms with E-state index in [1.165, 1.54) is 0 Å². The fraction of sp³-hybridized carbons (Fsp3) is 0.500. The van der Waals surface area contributed by atoms with Gasteiger partial charge in [0.25, 0.3) is 5.91 Å². The minimum absolute atomic E-state index is 0.0904. The summed E-state index contributed by atoms with van der Waals surface area (Å²) in [7, 11) is 0. The number of nitrogens with zero attached hydrogens (tertiary/aromatic N) is 1. The smallest absolute Gasteiger partial charge is 0.255 e. The van der Waals surface area contributed by atoms with Gasteiger partial charge in [0.1, 0.15) is 0 Å². The second-order valence-corrected chi connectivity index (χ2v) is 6.09. The topological polar surface area (TPSA) is 49.8 Å². The van der Waals surface area contributed by atoms with E-state index in [-0.39, 0.29) is 24.7 Å². The van der Waals surface area contributed by atoms with E-state index in [1.807, 2.05) is 25.3 Å². The van der Waals surface area contributed by atoms with Gasteiger partial charge in [0, 0.05) is 18.0 Å². The van der Waals surface area contributed by atoms with Gasteiger partial charge < -0.3 is 14.7 Å². The number of ether oxygens (including phenoxy) is 1. The Kier molecular flexibility index (Phi) is 5.32. The Morgan fingerprint density at radius 3 is 2.95 bits per heavy atom. The number of hydrogen-bond donors (Lipinski definition) is 1. The van der Waals surface area contributed by atoms with Gasteiger partial charge in [-0.2, -0.15) is 0 Å². The second-order valence-electron chi connectivity index (χ2n) is 4.81. The fourth-order valence-corrected chi connectivity index (χ4v) is 2.92. The van der Waals surface area contributed by atoms with Crippen molar-refractivity contribution in [1.29, 1.82) is 0 Å².